The molecule has 1 saturated heterocycles. The van der Waals surface area contributed by atoms with Crippen LogP contribution < -0.4 is 5.56 Å². The lowest BCUT2D eigenvalue weighted by Crippen LogP contribution is -2.47. The predicted octanol–water partition coefficient (Wildman–Crippen LogP) is 4.01. The van der Waals surface area contributed by atoms with Gasteiger partial charge < -0.3 is 9.72 Å². The van der Waals surface area contributed by atoms with Crippen LogP contribution in [0.2, 0.25) is 0 Å². The molecule has 10 heteroatoms. The summed E-state index contributed by atoms with van der Waals surface area (Å²) in [5.41, 5.74) is 2.17. The second-order valence-electron chi connectivity index (χ2n) is 10.8. The van der Waals surface area contributed by atoms with Crippen molar-refractivity contribution in [2.24, 2.45) is 0 Å². The van der Waals surface area contributed by atoms with Gasteiger partial charge in [-0.3, -0.25) is 9.69 Å². The summed E-state index contributed by atoms with van der Waals surface area (Å²) in [6, 6.07) is 17.0. The van der Waals surface area contributed by atoms with Gasteiger partial charge in [-0.05, 0) is 56.0 Å². The van der Waals surface area contributed by atoms with Crippen molar-refractivity contribution in [3.8, 4) is 11.3 Å². The molecular weight excluding hydrogens is 504 g/mol. The third-order valence-corrected chi connectivity index (χ3v) is 7.98. The Kier molecular flexibility index (Phi) is 6.66. The molecule has 1 fully saturated rings. The van der Waals surface area contributed by atoms with Gasteiger partial charge in [0.15, 0.2) is 0 Å². The summed E-state index contributed by atoms with van der Waals surface area (Å²) in [6.07, 6.45) is 0.675. The number of aromatic nitrogens is 2. The molecule has 5 rings (SSSR count). The zero-order valence-electron chi connectivity index (χ0n) is 22.0. The van der Waals surface area contributed by atoms with Gasteiger partial charge in [-0.2, -0.15) is 4.31 Å². The van der Waals surface area contributed by atoms with Crippen LogP contribution in [0.4, 0.5) is 4.79 Å². The Morgan fingerprint density at radius 2 is 1.68 bits per heavy atom. The molecule has 38 heavy (non-hydrogen) atoms. The highest BCUT2D eigenvalue weighted by atomic mass is 32.2. The number of ether oxygens (including phenoxy) is 1. The summed E-state index contributed by atoms with van der Waals surface area (Å²) >= 11 is 0. The molecule has 0 bridgehead atoms. The fourth-order valence-electron chi connectivity index (χ4n) is 4.86. The Morgan fingerprint density at radius 1 is 0.974 bits per heavy atom. The molecule has 0 atom stereocenters. The molecule has 1 N–H and O–H groups in total. The fourth-order valence-corrected chi connectivity index (χ4v) is 5.69. The van der Waals surface area contributed by atoms with Crippen molar-refractivity contribution in [2.75, 3.05) is 32.4 Å². The number of nitrogens with zero attached hydrogens (tertiary/aromatic N) is 3. The average Bonchev–Trinajstić information content (AvgIpc) is 3.21. The molecule has 2 aromatic heterocycles. The molecule has 0 radical (unpaired) electrons. The van der Waals surface area contributed by atoms with Gasteiger partial charge in [0.2, 0.25) is 10.0 Å². The quantitative estimate of drug-likeness (QED) is 0.423. The number of aromatic amines is 1. The minimum atomic E-state index is -3.20. The molecule has 9 nitrogen and oxygen atoms in total. The fraction of sp³-hybridized carbons (Fsp3) is 0.357. The normalized spacial score (nSPS) is 15.8. The van der Waals surface area contributed by atoms with Gasteiger partial charge in [-0.25, -0.2) is 17.8 Å². The smallest absolute Gasteiger partial charge is 0.419 e. The number of carbonyl (C=O) groups excluding carboxylic acids is 1. The maximum Gasteiger partial charge on any atom is 0.419 e. The number of nitrogens with one attached hydrogen (secondary N) is 1. The second-order valence-corrected chi connectivity index (χ2v) is 12.8. The summed E-state index contributed by atoms with van der Waals surface area (Å²) in [7, 11) is -3.20. The van der Waals surface area contributed by atoms with E-state index in [-0.39, 0.29) is 5.56 Å². The van der Waals surface area contributed by atoms with Crippen molar-refractivity contribution >= 4 is 37.9 Å². The number of carbonyl (C=O) groups is 1. The maximum absolute atomic E-state index is 13.5. The lowest BCUT2D eigenvalue weighted by atomic mass is 10.1. The molecule has 0 unspecified atom stereocenters. The largest absolute Gasteiger partial charge is 0.443 e. The van der Waals surface area contributed by atoms with Crippen molar-refractivity contribution in [1.29, 1.82) is 0 Å². The van der Waals surface area contributed by atoms with Crippen LogP contribution in [0.5, 0.6) is 0 Å². The molecule has 1 aliphatic heterocycles. The van der Waals surface area contributed by atoms with Gasteiger partial charge in [0.25, 0.3) is 5.56 Å². The second kappa shape index (κ2) is 9.68. The Morgan fingerprint density at radius 3 is 2.37 bits per heavy atom. The van der Waals surface area contributed by atoms with Crippen molar-refractivity contribution in [3.63, 3.8) is 0 Å². The monoisotopic (exact) mass is 536 g/mol. The Bertz CT molecular complexity index is 1690. The molecule has 3 heterocycles. The molecule has 0 saturated carbocycles. The summed E-state index contributed by atoms with van der Waals surface area (Å²) in [5.74, 6) is 0. The van der Waals surface area contributed by atoms with Gasteiger partial charge in [0.1, 0.15) is 5.60 Å². The Balaban J connectivity index is 1.56. The van der Waals surface area contributed by atoms with Crippen LogP contribution in [0, 0.1) is 0 Å². The zero-order chi connectivity index (χ0) is 27.2. The van der Waals surface area contributed by atoms with E-state index in [4.69, 9.17) is 4.74 Å². The molecule has 2 aromatic carbocycles. The summed E-state index contributed by atoms with van der Waals surface area (Å²) in [6.45, 7) is 8.17. The number of hydrogen-bond donors (Lipinski definition) is 1. The Labute approximate surface area is 221 Å². The molecule has 0 amide bonds. The van der Waals surface area contributed by atoms with Crippen molar-refractivity contribution in [2.45, 2.75) is 32.9 Å². The first-order valence-electron chi connectivity index (χ1n) is 12.6. The third-order valence-electron chi connectivity index (χ3n) is 6.68. The first-order chi connectivity index (χ1) is 17.9. The third kappa shape index (κ3) is 5.38. The molecule has 200 valence electrons. The van der Waals surface area contributed by atoms with E-state index in [1.807, 2.05) is 48.5 Å². The highest BCUT2D eigenvalue weighted by Crippen LogP contribution is 2.30. The SMILES string of the molecule is CC(C)(C)OC(=O)n1c(-c2cc3ccccc3[nH]c2=O)cc2ccc(CN3CCN(S(C)(=O)=O)CC3)cc21. The van der Waals surface area contributed by atoms with E-state index >= 15 is 0 Å². The molecule has 4 aromatic rings. The van der Waals surface area contributed by atoms with Gasteiger partial charge in [0.05, 0.1) is 23.0 Å². The van der Waals surface area contributed by atoms with Crippen molar-refractivity contribution in [1.82, 2.24) is 18.8 Å². The average molecular weight is 537 g/mol. The van der Waals surface area contributed by atoms with E-state index in [0.29, 0.717) is 49.5 Å². The van der Waals surface area contributed by atoms with Crippen LogP contribution in [0.25, 0.3) is 33.1 Å². The topological polar surface area (TPSA) is 105 Å². The number of rotatable bonds is 4. The van der Waals surface area contributed by atoms with Crippen LogP contribution >= 0.6 is 0 Å². The van der Waals surface area contributed by atoms with Crippen LogP contribution in [0.3, 0.4) is 0 Å². The minimum Gasteiger partial charge on any atom is -0.443 e. The summed E-state index contributed by atoms with van der Waals surface area (Å²) < 4.78 is 32.4. The number of sulfonamides is 1. The Hall–Kier alpha value is -3.47. The zero-order valence-corrected chi connectivity index (χ0v) is 22.8. The van der Waals surface area contributed by atoms with E-state index in [0.717, 1.165) is 21.9 Å². The van der Waals surface area contributed by atoms with E-state index in [1.54, 1.807) is 26.8 Å². The number of para-hydroxylation sites is 1. The number of H-pyrrole nitrogens is 1. The van der Waals surface area contributed by atoms with Gasteiger partial charge in [0, 0.05) is 43.6 Å². The minimum absolute atomic E-state index is 0.291. The van der Waals surface area contributed by atoms with Crippen molar-refractivity contribution < 1.29 is 17.9 Å². The summed E-state index contributed by atoms with van der Waals surface area (Å²) in [5, 5.41) is 1.67. The molecule has 1 aliphatic rings. The molecule has 0 spiro atoms. The van der Waals surface area contributed by atoms with Crippen LogP contribution in [-0.2, 0) is 21.3 Å². The molecular formula is C28H32N4O5S. The first kappa shape index (κ1) is 26.1. The first-order valence-corrected chi connectivity index (χ1v) is 14.4. The lowest BCUT2D eigenvalue weighted by Gasteiger charge is -2.33. The van der Waals surface area contributed by atoms with Crippen LogP contribution in [-0.4, -0.2) is 71.3 Å². The predicted molar refractivity (Wildman–Crippen MR) is 149 cm³/mol. The van der Waals surface area contributed by atoms with Gasteiger partial charge >= 0.3 is 6.09 Å². The van der Waals surface area contributed by atoms with Crippen molar-refractivity contribution in [3.05, 3.63) is 70.5 Å². The maximum atomic E-state index is 13.5. The van der Waals surface area contributed by atoms with E-state index in [9.17, 15) is 18.0 Å². The van der Waals surface area contributed by atoms with Gasteiger partial charge in [-0.15, -0.1) is 0 Å². The van der Waals surface area contributed by atoms with Crippen LogP contribution in [0.15, 0.2) is 59.4 Å². The lowest BCUT2D eigenvalue weighted by molar-refractivity contribution is 0.0547. The number of pyridine rings is 1. The number of piperazine rings is 1. The van der Waals surface area contributed by atoms with Gasteiger partial charge in [-0.1, -0.05) is 30.3 Å². The van der Waals surface area contributed by atoms with E-state index in [2.05, 4.69) is 9.88 Å². The highest BCUT2D eigenvalue weighted by Gasteiger charge is 2.26. The van der Waals surface area contributed by atoms with E-state index < -0.39 is 21.7 Å². The highest BCUT2D eigenvalue weighted by molar-refractivity contribution is 7.88. The number of benzene rings is 2. The standard InChI is InChI=1S/C28H32N4O5S/c1-28(2,3)37-27(34)32-24-15-19(18-30-11-13-31(14-12-30)38(4,35)36)9-10-21(24)17-25(32)22-16-20-7-5-6-8-23(20)29-26(22)33/h5-10,15-17H,11-14,18H2,1-4H3,(H,29,33). The number of fused-ring (bicyclic) bond motifs is 2. The molecule has 0 aliphatic carbocycles. The van der Waals surface area contributed by atoms with Crippen LogP contribution in [0.1, 0.15) is 26.3 Å². The number of hydrogen-bond acceptors (Lipinski definition) is 6. The van der Waals surface area contributed by atoms with E-state index in [1.165, 1.54) is 15.1 Å². The summed E-state index contributed by atoms with van der Waals surface area (Å²) in [4.78, 5) is 31.7.